The van der Waals surface area contributed by atoms with Gasteiger partial charge in [-0.2, -0.15) is 5.10 Å². The summed E-state index contributed by atoms with van der Waals surface area (Å²) in [5.41, 5.74) is 0.420. The molecule has 4 heteroatoms. The number of benzene rings is 1. The molecule has 0 bridgehead atoms. The third-order valence-electron chi connectivity index (χ3n) is 3.17. The van der Waals surface area contributed by atoms with Gasteiger partial charge in [0.1, 0.15) is 5.60 Å². The summed E-state index contributed by atoms with van der Waals surface area (Å²) >= 11 is 0. The summed E-state index contributed by atoms with van der Waals surface area (Å²) in [6.07, 6.45) is 4.60. The first kappa shape index (κ1) is 13.8. The topological polar surface area (TPSA) is 47.3 Å². The van der Waals surface area contributed by atoms with Gasteiger partial charge in [-0.15, -0.1) is 0 Å². The van der Waals surface area contributed by atoms with Gasteiger partial charge in [0.15, 0.2) is 0 Å². The van der Waals surface area contributed by atoms with Crippen LogP contribution in [0.5, 0.6) is 0 Å². The first-order valence-corrected chi connectivity index (χ1v) is 6.50. The lowest BCUT2D eigenvalue weighted by Gasteiger charge is -2.26. The monoisotopic (exact) mass is 260 g/mol. The van der Waals surface area contributed by atoms with E-state index in [2.05, 4.69) is 12.0 Å². The molecule has 0 fully saturated rings. The van der Waals surface area contributed by atoms with Crippen LogP contribution in [-0.4, -0.2) is 28.6 Å². The SMILES string of the molecule is CCCn1cc(C(O)(COC)c2ccccc2)cn1. The number of aliphatic hydroxyl groups is 1. The molecule has 0 radical (unpaired) electrons. The highest BCUT2D eigenvalue weighted by Crippen LogP contribution is 2.29. The third-order valence-corrected chi connectivity index (χ3v) is 3.17. The molecule has 1 atom stereocenters. The van der Waals surface area contributed by atoms with Gasteiger partial charge in [-0.1, -0.05) is 37.3 Å². The molecule has 0 aliphatic carbocycles. The van der Waals surface area contributed by atoms with Crippen molar-refractivity contribution in [2.24, 2.45) is 0 Å². The smallest absolute Gasteiger partial charge is 0.141 e. The normalized spacial score (nSPS) is 14.3. The van der Waals surface area contributed by atoms with E-state index in [1.54, 1.807) is 13.3 Å². The molecule has 0 saturated carbocycles. The highest BCUT2D eigenvalue weighted by molar-refractivity contribution is 5.33. The molecular formula is C15H20N2O2. The maximum Gasteiger partial charge on any atom is 0.141 e. The minimum atomic E-state index is -1.15. The first-order chi connectivity index (χ1) is 9.20. The molecule has 1 aromatic heterocycles. The largest absolute Gasteiger partial charge is 0.381 e. The summed E-state index contributed by atoms with van der Waals surface area (Å²) in [4.78, 5) is 0. The second-order valence-corrected chi connectivity index (χ2v) is 4.65. The van der Waals surface area contributed by atoms with Gasteiger partial charge in [0.25, 0.3) is 0 Å². The molecule has 1 heterocycles. The zero-order valence-corrected chi connectivity index (χ0v) is 11.4. The number of methoxy groups -OCH3 is 1. The van der Waals surface area contributed by atoms with Gasteiger partial charge in [0.2, 0.25) is 0 Å². The quantitative estimate of drug-likeness (QED) is 0.866. The molecule has 4 nitrogen and oxygen atoms in total. The van der Waals surface area contributed by atoms with Crippen molar-refractivity contribution in [1.82, 2.24) is 9.78 Å². The van der Waals surface area contributed by atoms with Crippen LogP contribution in [-0.2, 0) is 16.9 Å². The Balaban J connectivity index is 2.38. The Morgan fingerprint density at radius 3 is 2.63 bits per heavy atom. The van der Waals surface area contributed by atoms with Gasteiger partial charge in [0.05, 0.1) is 12.8 Å². The number of aryl methyl sites for hydroxylation is 1. The van der Waals surface area contributed by atoms with Crippen LogP contribution in [0.2, 0.25) is 0 Å². The predicted molar refractivity (Wildman–Crippen MR) is 73.8 cm³/mol. The van der Waals surface area contributed by atoms with E-state index in [0.29, 0.717) is 0 Å². The van der Waals surface area contributed by atoms with Crippen molar-refractivity contribution in [3.05, 3.63) is 53.9 Å². The molecule has 0 aliphatic rings. The van der Waals surface area contributed by atoms with Crippen LogP contribution in [0, 0.1) is 0 Å². The van der Waals surface area contributed by atoms with Crippen LogP contribution in [0.25, 0.3) is 0 Å². The number of nitrogens with zero attached hydrogens (tertiary/aromatic N) is 2. The van der Waals surface area contributed by atoms with E-state index in [1.165, 1.54) is 0 Å². The zero-order valence-electron chi connectivity index (χ0n) is 11.4. The minimum absolute atomic E-state index is 0.203. The minimum Gasteiger partial charge on any atom is -0.381 e. The summed E-state index contributed by atoms with van der Waals surface area (Å²) in [5, 5.41) is 15.2. The van der Waals surface area contributed by atoms with Crippen molar-refractivity contribution in [3.63, 3.8) is 0 Å². The van der Waals surface area contributed by atoms with Crippen molar-refractivity contribution in [2.75, 3.05) is 13.7 Å². The lowest BCUT2D eigenvalue weighted by molar-refractivity contribution is -0.00334. The van der Waals surface area contributed by atoms with E-state index < -0.39 is 5.60 Å². The fourth-order valence-corrected chi connectivity index (χ4v) is 2.18. The highest BCUT2D eigenvalue weighted by Gasteiger charge is 2.32. The molecule has 1 aromatic carbocycles. The van der Waals surface area contributed by atoms with Crippen LogP contribution in [0.1, 0.15) is 24.5 Å². The van der Waals surface area contributed by atoms with Gasteiger partial charge in [-0.25, -0.2) is 0 Å². The summed E-state index contributed by atoms with van der Waals surface area (Å²) in [7, 11) is 1.59. The molecule has 1 N–H and O–H groups in total. The van der Waals surface area contributed by atoms with Crippen LogP contribution in [0.4, 0.5) is 0 Å². The van der Waals surface area contributed by atoms with Crippen molar-refractivity contribution >= 4 is 0 Å². The second-order valence-electron chi connectivity index (χ2n) is 4.65. The summed E-state index contributed by atoms with van der Waals surface area (Å²) < 4.78 is 7.04. The molecular weight excluding hydrogens is 240 g/mol. The molecule has 2 aromatic rings. The highest BCUT2D eigenvalue weighted by atomic mass is 16.5. The predicted octanol–water partition coefficient (Wildman–Crippen LogP) is 2.18. The maximum absolute atomic E-state index is 11.0. The van der Waals surface area contributed by atoms with E-state index in [9.17, 15) is 5.11 Å². The van der Waals surface area contributed by atoms with Crippen LogP contribution >= 0.6 is 0 Å². The molecule has 102 valence electrons. The maximum atomic E-state index is 11.0. The van der Waals surface area contributed by atoms with Gasteiger partial charge >= 0.3 is 0 Å². The molecule has 0 amide bonds. The van der Waals surface area contributed by atoms with Crippen LogP contribution in [0.3, 0.4) is 0 Å². The Bertz CT molecular complexity index is 510. The fourth-order valence-electron chi connectivity index (χ4n) is 2.18. The molecule has 2 rings (SSSR count). The number of aromatic nitrogens is 2. The van der Waals surface area contributed by atoms with Crippen molar-refractivity contribution < 1.29 is 9.84 Å². The zero-order chi connectivity index (χ0) is 13.7. The van der Waals surface area contributed by atoms with E-state index in [1.807, 2.05) is 41.2 Å². The van der Waals surface area contributed by atoms with Crippen molar-refractivity contribution in [1.29, 1.82) is 0 Å². The van der Waals surface area contributed by atoms with Crippen LogP contribution in [0.15, 0.2) is 42.7 Å². The number of hydrogen-bond acceptors (Lipinski definition) is 3. The standard InChI is InChI=1S/C15H20N2O2/c1-3-9-17-11-14(10-16-17)15(18,12-19-2)13-7-5-4-6-8-13/h4-8,10-11,18H,3,9,12H2,1-2H3. The number of ether oxygens (including phenoxy) is 1. The van der Waals surface area contributed by atoms with Crippen LogP contribution < -0.4 is 0 Å². The van der Waals surface area contributed by atoms with Gasteiger partial charge in [-0.05, 0) is 12.0 Å². The summed E-state index contributed by atoms with van der Waals surface area (Å²) in [6, 6.07) is 9.54. The average molecular weight is 260 g/mol. The summed E-state index contributed by atoms with van der Waals surface area (Å²) in [6.45, 7) is 3.15. The third kappa shape index (κ3) is 2.85. The van der Waals surface area contributed by atoms with Gasteiger partial charge in [0, 0.05) is 25.4 Å². The lowest BCUT2D eigenvalue weighted by Crippen LogP contribution is -2.32. The fraction of sp³-hybridized carbons (Fsp3) is 0.400. The Kier molecular flexibility index (Phi) is 4.35. The molecule has 0 spiro atoms. The van der Waals surface area contributed by atoms with Gasteiger partial charge in [-0.3, -0.25) is 4.68 Å². The van der Waals surface area contributed by atoms with Gasteiger partial charge < -0.3 is 9.84 Å². The Hall–Kier alpha value is -1.65. The first-order valence-electron chi connectivity index (χ1n) is 6.50. The Labute approximate surface area is 113 Å². The lowest BCUT2D eigenvalue weighted by atomic mass is 9.89. The summed E-state index contributed by atoms with van der Waals surface area (Å²) in [5.74, 6) is 0. The van der Waals surface area contributed by atoms with Crippen molar-refractivity contribution in [2.45, 2.75) is 25.5 Å². The molecule has 0 aliphatic heterocycles. The van der Waals surface area contributed by atoms with E-state index in [-0.39, 0.29) is 6.61 Å². The van der Waals surface area contributed by atoms with E-state index >= 15 is 0 Å². The molecule has 19 heavy (non-hydrogen) atoms. The molecule has 0 saturated heterocycles. The Morgan fingerprint density at radius 1 is 1.26 bits per heavy atom. The number of hydrogen-bond donors (Lipinski definition) is 1. The van der Waals surface area contributed by atoms with Crippen molar-refractivity contribution in [3.8, 4) is 0 Å². The molecule has 1 unspecified atom stereocenters. The van der Waals surface area contributed by atoms with E-state index in [0.717, 1.165) is 24.1 Å². The van der Waals surface area contributed by atoms with E-state index in [4.69, 9.17) is 4.74 Å². The Morgan fingerprint density at radius 2 is 2.00 bits per heavy atom. The number of rotatable bonds is 6. The second kappa shape index (κ2) is 5.99. The average Bonchev–Trinajstić information content (AvgIpc) is 2.90.